The molecule has 0 bridgehead atoms. The van der Waals surface area contributed by atoms with E-state index in [0.717, 1.165) is 5.56 Å². The Morgan fingerprint density at radius 2 is 2.16 bits per heavy atom. The maximum atomic E-state index is 12.1. The third kappa shape index (κ3) is 4.25. The Bertz CT molecular complexity index is 953. The number of methoxy groups -OCH3 is 1. The number of hydrogen-bond acceptors (Lipinski definition) is 6. The van der Waals surface area contributed by atoms with Crippen molar-refractivity contribution >= 4 is 33.9 Å². The van der Waals surface area contributed by atoms with Crippen molar-refractivity contribution in [3.05, 3.63) is 68.5 Å². The van der Waals surface area contributed by atoms with E-state index >= 15 is 0 Å². The predicted molar refractivity (Wildman–Crippen MR) is 96.9 cm³/mol. The highest BCUT2D eigenvalue weighted by Crippen LogP contribution is 2.18. The Kier molecular flexibility index (Phi) is 5.47. The minimum Gasteiger partial charge on any atom is -0.468 e. The normalized spacial score (nSPS) is 11.2. The van der Waals surface area contributed by atoms with Crippen LogP contribution in [-0.2, 0) is 22.6 Å². The van der Waals surface area contributed by atoms with E-state index in [-0.39, 0.29) is 18.1 Å². The van der Waals surface area contributed by atoms with Crippen LogP contribution in [0.5, 0.6) is 0 Å². The average molecular weight is 378 g/mol. The van der Waals surface area contributed by atoms with Crippen molar-refractivity contribution in [1.29, 1.82) is 0 Å². The monoisotopic (exact) mass is 377 g/mol. The molecule has 0 radical (unpaired) electrons. The summed E-state index contributed by atoms with van der Waals surface area (Å²) in [7, 11) is 1.35. The maximum Gasteiger partial charge on any atom is 0.319 e. The number of carbonyl (C=O) groups is 1. The van der Waals surface area contributed by atoms with Gasteiger partial charge in [0.25, 0.3) is 5.56 Å². The Hall–Kier alpha value is -2.22. The number of nitrogens with zero attached hydrogens (tertiary/aromatic N) is 3. The van der Waals surface area contributed by atoms with Crippen molar-refractivity contribution in [2.45, 2.75) is 13.1 Å². The fourth-order valence-corrected chi connectivity index (χ4v) is 3.41. The molecule has 0 N–H and O–H groups in total. The highest BCUT2D eigenvalue weighted by atomic mass is 35.5. The number of esters is 1. The van der Waals surface area contributed by atoms with Gasteiger partial charge in [0.1, 0.15) is 0 Å². The summed E-state index contributed by atoms with van der Waals surface area (Å²) in [4.78, 5) is 30.8. The van der Waals surface area contributed by atoms with Gasteiger partial charge in [-0.3, -0.25) is 18.9 Å². The molecule has 0 aliphatic rings. The summed E-state index contributed by atoms with van der Waals surface area (Å²) in [6, 6.07) is 8.92. The number of carbonyl (C=O) groups excluding carboxylic acids is 1. The highest BCUT2D eigenvalue weighted by molar-refractivity contribution is 7.15. The van der Waals surface area contributed by atoms with Crippen LogP contribution in [0.25, 0.3) is 4.96 Å². The van der Waals surface area contributed by atoms with Crippen LogP contribution in [0.3, 0.4) is 0 Å². The number of rotatable bonds is 6. The van der Waals surface area contributed by atoms with Gasteiger partial charge in [0.05, 0.1) is 19.3 Å². The van der Waals surface area contributed by atoms with Crippen LogP contribution in [0.15, 0.2) is 46.7 Å². The molecule has 0 fully saturated rings. The molecule has 3 aromatic rings. The lowest BCUT2D eigenvalue weighted by molar-refractivity contribution is -0.142. The minimum atomic E-state index is -0.360. The molecule has 3 rings (SSSR count). The van der Waals surface area contributed by atoms with E-state index < -0.39 is 0 Å². The van der Waals surface area contributed by atoms with Crippen LogP contribution >= 0.6 is 22.9 Å². The zero-order valence-electron chi connectivity index (χ0n) is 13.5. The number of ether oxygens (including phenoxy) is 1. The Labute approximate surface area is 153 Å². The Morgan fingerprint density at radius 1 is 1.36 bits per heavy atom. The minimum absolute atomic E-state index is 0.0766. The van der Waals surface area contributed by atoms with Crippen molar-refractivity contribution in [2.24, 2.45) is 0 Å². The fraction of sp³-hybridized carbons (Fsp3) is 0.235. The fourth-order valence-electron chi connectivity index (χ4n) is 2.48. The van der Waals surface area contributed by atoms with Crippen molar-refractivity contribution < 1.29 is 9.53 Å². The number of aromatic nitrogens is 2. The first-order valence-corrected chi connectivity index (χ1v) is 8.81. The average Bonchev–Trinajstić information content (AvgIpc) is 3.06. The second-order valence-electron chi connectivity index (χ2n) is 5.45. The SMILES string of the molecule is COC(=O)CN(Cc1cc(=O)n2ccsc2n1)Cc1ccccc1Cl. The van der Waals surface area contributed by atoms with Crippen LogP contribution in [0, 0.1) is 0 Å². The van der Waals surface area contributed by atoms with Crippen molar-refractivity contribution in [2.75, 3.05) is 13.7 Å². The first kappa shape index (κ1) is 17.6. The lowest BCUT2D eigenvalue weighted by atomic mass is 10.2. The van der Waals surface area contributed by atoms with E-state index in [1.807, 2.05) is 28.5 Å². The molecule has 0 aliphatic heterocycles. The molecule has 2 heterocycles. The summed E-state index contributed by atoms with van der Waals surface area (Å²) in [6.45, 7) is 0.859. The van der Waals surface area contributed by atoms with Crippen molar-refractivity contribution in [3.63, 3.8) is 0 Å². The molecule has 0 saturated heterocycles. The first-order chi connectivity index (χ1) is 12.1. The second kappa shape index (κ2) is 7.77. The number of halogens is 1. The number of fused-ring (bicyclic) bond motifs is 1. The molecule has 6 nitrogen and oxygen atoms in total. The Balaban J connectivity index is 1.86. The summed E-state index contributed by atoms with van der Waals surface area (Å²) in [5.74, 6) is -0.360. The quantitative estimate of drug-likeness (QED) is 0.618. The summed E-state index contributed by atoms with van der Waals surface area (Å²) >= 11 is 7.61. The third-order valence-electron chi connectivity index (χ3n) is 3.67. The van der Waals surface area contributed by atoms with E-state index in [4.69, 9.17) is 16.3 Å². The second-order valence-corrected chi connectivity index (χ2v) is 6.73. The van der Waals surface area contributed by atoms with Crippen LogP contribution in [0.1, 0.15) is 11.3 Å². The molecule has 0 aliphatic carbocycles. The lowest BCUT2D eigenvalue weighted by Gasteiger charge is -2.21. The molecule has 0 saturated carbocycles. The predicted octanol–water partition coefficient (Wildman–Crippen LogP) is 2.58. The molecule has 25 heavy (non-hydrogen) atoms. The Morgan fingerprint density at radius 3 is 2.92 bits per heavy atom. The number of hydrogen-bond donors (Lipinski definition) is 0. The highest BCUT2D eigenvalue weighted by Gasteiger charge is 2.15. The van der Waals surface area contributed by atoms with Gasteiger partial charge < -0.3 is 4.74 Å². The van der Waals surface area contributed by atoms with Crippen molar-refractivity contribution in [1.82, 2.24) is 14.3 Å². The topological polar surface area (TPSA) is 63.9 Å². The summed E-state index contributed by atoms with van der Waals surface area (Å²) in [5.41, 5.74) is 1.35. The van der Waals surface area contributed by atoms with Crippen LogP contribution in [0.4, 0.5) is 0 Å². The van der Waals surface area contributed by atoms with Gasteiger partial charge in [-0.05, 0) is 11.6 Å². The number of benzene rings is 1. The molecule has 0 unspecified atom stereocenters. The van der Waals surface area contributed by atoms with E-state index in [0.29, 0.717) is 28.8 Å². The van der Waals surface area contributed by atoms with Crippen molar-refractivity contribution in [3.8, 4) is 0 Å². The van der Waals surface area contributed by atoms with Gasteiger partial charge in [0, 0.05) is 35.8 Å². The molecule has 0 atom stereocenters. The lowest BCUT2D eigenvalue weighted by Crippen LogP contribution is -2.31. The van der Waals surface area contributed by atoms with E-state index in [1.165, 1.54) is 28.9 Å². The maximum absolute atomic E-state index is 12.1. The van der Waals surface area contributed by atoms with Gasteiger partial charge in [0.2, 0.25) is 0 Å². The molecule has 0 amide bonds. The molecule has 0 spiro atoms. The van der Waals surface area contributed by atoms with Gasteiger partial charge >= 0.3 is 5.97 Å². The summed E-state index contributed by atoms with van der Waals surface area (Å²) in [6.07, 6.45) is 1.69. The summed E-state index contributed by atoms with van der Waals surface area (Å²) < 4.78 is 6.26. The van der Waals surface area contributed by atoms with Crippen LogP contribution in [0.2, 0.25) is 5.02 Å². The van der Waals surface area contributed by atoms with Gasteiger partial charge in [-0.15, -0.1) is 11.3 Å². The van der Waals surface area contributed by atoms with E-state index in [1.54, 1.807) is 12.3 Å². The summed E-state index contributed by atoms with van der Waals surface area (Å²) in [5, 5.41) is 2.43. The van der Waals surface area contributed by atoms with Gasteiger partial charge in [-0.25, -0.2) is 4.98 Å². The zero-order valence-corrected chi connectivity index (χ0v) is 15.1. The van der Waals surface area contributed by atoms with Crippen LogP contribution < -0.4 is 5.56 Å². The largest absolute Gasteiger partial charge is 0.468 e. The number of thiazole rings is 1. The van der Waals surface area contributed by atoms with E-state index in [9.17, 15) is 9.59 Å². The third-order valence-corrected chi connectivity index (χ3v) is 4.80. The molecule has 1 aromatic carbocycles. The van der Waals surface area contributed by atoms with Gasteiger partial charge in [0.15, 0.2) is 4.96 Å². The van der Waals surface area contributed by atoms with E-state index in [2.05, 4.69) is 4.98 Å². The molecule has 130 valence electrons. The van der Waals surface area contributed by atoms with Gasteiger partial charge in [-0.1, -0.05) is 29.8 Å². The first-order valence-electron chi connectivity index (χ1n) is 7.55. The van der Waals surface area contributed by atoms with Gasteiger partial charge in [-0.2, -0.15) is 0 Å². The molecule has 8 heteroatoms. The zero-order chi connectivity index (χ0) is 17.8. The standard InChI is InChI=1S/C17H16ClN3O3S/c1-24-16(23)11-20(9-12-4-2-3-5-14(12)18)10-13-8-15(22)21-6-7-25-17(21)19-13/h2-8H,9-11H2,1H3. The molecular weight excluding hydrogens is 362 g/mol. The smallest absolute Gasteiger partial charge is 0.319 e. The van der Waals surface area contributed by atoms with Crippen LogP contribution in [-0.4, -0.2) is 33.9 Å². The molecular formula is C17H16ClN3O3S. The molecule has 2 aromatic heterocycles.